The van der Waals surface area contributed by atoms with Gasteiger partial charge in [0.05, 0.1) is 89.1 Å². The fourth-order valence-electron chi connectivity index (χ4n) is 12.7. The molecule has 0 bridgehead atoms. The lowest BCUT2D eigenvalue weighted by Crippen LogP contribution is -2.53. The Labute approximate surface area is 894 Å². The van der Waals surface area contributed by atoms with Gasteiger partial charge < -0.3 is 118 Å². The standard InChI is InChI=1S/6C16H20N6O/c6*1-11-5-7-22(14(23)8-17-2)9-13(11)21(3)16-12-4-6-18-15(12)19-10-20-16/h6*4,6,10-11,13H,5,7-9H2,1,3H3,(H,18,19,20)/t6*11-,13+/m111111/s1/i1D3,5D2,7D2,9D2,10D,11D,13D;5D2,7D2,9D2,10D,11D,13D;3D3,5D2,7D2,9D2,10D,11D;1D3,5D2,7D2,9D2,10D,13D;1D3,3D3,5D2,7D2,9D2,10D;3D3,5D2,7D2,9D2,10D. The van der Waals surface area contributed by atoms with E-state index in [1.165, 1.54) is 73.6 Å². The molecule has 6 saturated heterocycles. The zero-order chi connectivity index (χ0) is 156. The second kappa shape index (κ2) is 46.5. The molecule has 12 aromatic heterocycles. The lowest BCUT2D eigenvalue weighted by atomic mass is 9.92. The highest BCUT2D eigenvalue weighted by Crippen LogP contribution is 2.37. The summed E-state index contributed by atoms with van der Waals surface area (Å²) < 4.78 is 550. The fraction of sp³-hybridized carbons (Fsp3) is 0.500. The topological polar surface area (TPSA) is 417 Å². The van der Waals surface area contributed by atoms with Gasteiger partial charge in [-0.15, -0.1) is 0 Å². The molecular formula is C96H120N36O6. The van der Waals surface area contributed by atoms with E-state index in [0.29, 0.717) is 19.6 Å². The molecule has 6 amide bonds. The van der Waals surface area contributed by atoms with Gasteiger partial charge in [-0.25, -0.2) is 99.2 Å². The van der Waals surface area contributed by atoms with Crippen molar-refractivity contribution < 1.29 is 119 Å². The highest BCUT2D eigenvalue weighted by Gasteiger charge is 2.41. The Kier molecular flexibility index (Phi) is 15.1. The summed E-state index contributed by atoms with van der Waals surface area (Å²) in [6.45, 7) is -23.9. The summed E-state index contributed by atoms with van der Waals surface area (Å²) in [6.07, 6.45) is -15.8. The van der Waals surface area contributed by atoms with Crippen LogP contribution in [0.1, 0.15) is 170 Å². The summed E-state index contributed by atoms with van der Waals surface area (Å²) in [5, 5.41) is 0.515. The first-order valence-electron chi connectivity index (χ1n) is 72.6. The van der Waals surface area contributed by atoms with E-state index in [2.05, 4.69) is 119 Å². The van der Waals surface area contributed by atoms with E-state index in [-0.39, 0.29) is 112 Å². The number of likely N-dealkylation sites (tertiary alicyclic amines) is 6. The summed E-state index contributed by atoms with van der Waals surface area (Å²) >= 11 is 0. The molecule has 0 radical (unpaired) electrons. The van der Waals surface area contributed by atoms with Crippen LogP contribution in [0.3, 0.4) is 0 Å². The van der Waals surface area contributed by atoms with Gasteiger partial charge in [0.2, 0.25) is 0 Å². The molecule has 12 aromatic rings. The molecule has 18 rings (SSSR count). The highest BCUT2D eigenvalue weighted by atomic mass is 16.2. The lowest BCUT2D eigenvalue weighted by Gasteiger charge is -2.41. The zero-order valence-corrected chi connectivity index (χ0v) is 72.5. The average molecular weight is 1940 g/mol. The molecule has 0 saturated carbocycles. The molecule has 42 nitrogen and oxygen atoms in total. The number of hydrogen-bond donors (Lipinski definition) is 6. The maximum Gasteiger partial charge on any atom is 0.302 e. The van der Waals surface area contributed by atoms with Gasteiger partial charge in [-0.3, -0.25) is 28.8 Å². The van der Waals surface area contributed by atoms with Crippen LogP contribution < -0.4 is 29.4 Å². The molecule has 42 heteroatoms. The monoisotopic (exact) mass is 1940 g/mol. The van der Waals surface area contributed by atoms with Crippen molar-refractivity contribution in [1.82, 2.24) is 119 Å². The number of H-pyrrole nitrogens is 6. The molecule has 18 heterocycles. The van der Waals surface area contributed by atoms with Crippen LogP contribution in [0, 0.1) is 74.9 Å². The van der Waals surface area contributed by atoms with Crippen molar-refractivity contribution in [3.05, 3.63) is 180 Å². The largest absolute Gasteiger partial charge is 0.354 e. The molecule has 6 N–H and O–H groups in total. The number of rotatable bonds is 18. The normalized spacial score (nSPS) is 38.5. The van der Waals surface area contributed by atoms with Crippen LogP contribution in [0.5, 0.6) is 0 Å². The van der Waals surface area contributed by atoms with Gasteiger partial charge in [-0.2, -0.15) is 0 Å². The second-order valence-electron chi connectivity index (χ2n) is 28.3. The number of fused-ring (bicyclic) bond motifs is 6. The molecule has 0 aromatic carbocycles. The Morgan fingerprint density at radius 2 is 0.565 bits per heavy atom. The van der Waals surface area contributed by atoms with Gasteiger partial charge in [0.1, 0.15) is 115 Å². The quantitative estimate of drug-likeness (QED) is 0.0435. The van der Waals surface area contributed by atoms with Gasteiger partial charge in [0.25, 0.3) is 39.3 Å². The summed E-state index contributed by atoms with van der Waals surface area (Å²) in [6, 6.07) is -8.45. The van der Waals surface area contributed by atoms with Crippen molar-refractivity contribution in [1.29, 1.82) is 0 Å². The van der Waals surface area contributed by atoms with Crippen molar-refractivity contribution in [2.24, 2.45) is 35.4 Å². The minimum Gasteiger partial charge on any atom is -0.354 e. The van der Waals surface area contributed by atoms with Gasteiger partial charge in [-0.05, 0) is 110 Å². The van der Waals surface area contributed by atoms with E-state index in [1.54, 1.807) is 0 Å². The van der Waals surface area contributed by atoms with Crippen molar-refractivity contribution in [2.45, 2.75) is 116 Å². The van der Waals surface area contributed by atoms with Gasteiger partial charge in [0.15, 0.2) is 0 Å². The average Bonchev–Trinajstić information content (AvgIpc) is 1.10. The first-order valence-corrected chi connectivity index (χ1v) is 39.6. The lowest BCUT2D eigenvalue weighted by molar-refractivity contribution is -0.131. The van der Waals surface area contributed by atoms with Crippen molar-refractivity contribution in [3.63, 3.8) is 0 Å². The summed E-state index contributed by atoms with van der Waals surface area (Å²) in [7, 11) is 3.13. The van der Waals surface area contributed by atoms with Crippen LogP contribution in [0.25, 0.3) is 95.3 Å². The fourth-order valence-corrected chi connectivity index (χ4v) is 12.7. The third-order valence-electron chi connectivity index (χ3n) is 19.5. The molecule has 6 aliphatic rings. The predicted octanol–water partition coefficient (Wildman–Crippen LogP) is 9.30. The Bertz CT molecular complexity index is 9850. The maximum absolute atomic E-state index is 12.8. The predicted molar refractivity (Wildman–Crippen MR) is 527 cm³/mol. The summed E-state index contributed by atoms with van der Waals surface area (Å²) in [5.74, 6) is -27.6. The molecule has 138 heavy (non-hydrogen) atoms. The number of hydrogen-bond acceptors (Lipinski definition) is 24. The number of nitrogens with one attached hydrogen (secondary N) is 6. The zero-order valence-electron chi connectivity index (χ0n) is 139. The number of carbonyl (C=O) groups is 6. The van der Waals surface area contributed by atoms with Crippen LogP contribution in [0.15, 0.2) is 111 Å². The van der Waals surface area contributed by atoms with E-state index in [0.717, 1.165) is 46.8 Å². The Balaban J connectivity index is 0.000000196. The minimum absolute atomic E-state index is 0.0153. The SMILES string of the molecule is [2H]c1nc(N(C)[C@@]2([2H])C([2H])([2H])N(C(=O)C[N+]#[C-])C([2H])([2H])C([2H])([2H])[C@@]2([2H])C([2H])([2H])[2H])c2cc[nH]c2n1.[2H]c1nc(N(C)[C@@]2([2H])C([2H])([2H])N(C(=O)C[N+]#[C-])C([2H])([2H])C([2H])([2H])[C@@]2([2H])C)c2cc[nH]c2n1.[2H]c1nc(N(C)[C@]2([2H])[C@H](C([2H])([2H])[2H])C([2H])([2H])C([2H])([2H])N(C(=O)C[N+]#[C-])C2([2H])[2H])c2cc[nH]c2n1.[2H]c1nc(N([C@@H]2[C@H](C([2H])([2H])[2H])C([2H])([2H])C([2H])([2H])N(C(=O)C[N+]#[C-])C2([2H])[2H])C([2H])([2H])[2H])c2cc[nH]c2n1.[2H]c1nc(N([C@@H]2[C@H](C)C([2H])([2H])C([2H])([2H])N(C(=O)C[N+]#[C-])C2([2H])[2H])C([2H])([2H])[2H])c2cc[nH]c2n1.[2H]c1nc(N([C@H]2C([2H])([2H])N(C(=O)C[N+]#[C-])C([2H])([2H])C([2H])([2H])[C@@]2([2H])C)C([2H])([2H])[2H])c2cc[nH]c2n1. The van der Waals surface area contributed by atoms with Crippen LogP contribution in [-0.2, 0) is 28.8 Å². The van der Waals surface area contributed by atoms with E-state index < -0.39 is 365 Å². The first-order chi connectivity index (χ1) is 92.1. The molecule has 6 aliphatic heterocycles. The van der Waals surface area contributed by atoms with Crippen LogP contribution >= 0.6 is 0 Å². The third kappa shape index (κ3) is 23.1. The summed E-state index contributed by atoms with van der Waals surface area (Å²) in [4.78, 5) is 157. The minimum atomic E-state index is -3.89. The number of carbonyl (C=O) groups excluding carboxylic acids is 6. The Morgan fingerprint density at radius 3 is 0.870 bits per heavy atom. The maximum atomic E-state index is 12.8. The third-order valence-corrected chi connectivity index (χ3v) is 19.5. The second-order valence-corrected chi connectivity index (χ2v) is 28.3. The van der Waals surface area contributed by atoms with E-state index >= 15 is 0 Å². The van der Waals surface area contributed by atoms with Crippen molar-refractivity contribution >= 4 is 137 Å². The van der Waals surface area contributed by atoms with Crippen molar-refractivity contribution in [2.75, 3.05) is 189 Å². The molecule has 720 valence electrons. The number of amides is 6. The number of aromatic nitrogens is 18. The summed E-state index contributed by atoms with van der Waals surface area (Å²) in [5.41, 5.74) is 0.370. The highest BCUT2D eigenvalue weighted by molar-refractivity contribution is 5.93. The van der Waals surface area contributed by atoms with Gasteiger partial charge >= 0.3 is 35.4 Å². The molecule has 0 spiro atoms. The van der Waals surface area contributed by atoms with Crippen LogP contribution in [0.4, 0.5) is 34.9 Å². The number of anilines is 6. The number of aromatic amines is 6. The van der Waals surface area contributed by atoms with E-state index in [4.69, 9.17) is 130 Å². The molecule has 6 fully saturated rings. The van der Waals surface area contributed by atoms with Crippen LogP contribution in [-0.4, -0.2) is 350 Å². The smallest absolute Gasteiger partial charge is 0.302 e. The molecular weight excluding hydrogens is 1750 g/mol. The van der Waals surface area contributed by atoms with Gasteiger partial charge in [-0.1, -0.05) is 41.3 Å². The van der Waals surface area contributed by atoms with E-state index in [1.807, 2.05) is 0 Å². The van der Waals surface area contributed by atoms with Crippen LogP contribution in [0.2, 0.25) is 0 Å². The Hall–Kier alpha value is -15.7. The molecule has 12 atom stereocenters. The van der Waals surface area contributed by atoms with Crippen molar-refractivity contribution in [3.8, 4) is 0 Å². The van der Waals surface area contributed by atoms with E-state index in [9.17, 15) is 28.8 Å². The Morgan fingerprint density at radius 1 is 0.326 bits per heavy atom. The number of nitrogens with zero attached hydrogens (tertiary/aromatic N) is 30. The molecule has 0 aliphatic carbocycles. The number of piperidine rings is 6. The first kappa shape index (κ1) is 44.8. The molecule has 0 unspecified atom stereocenters. The van der Waals surface area contributed by atoms with Gasteiger partial charge in [0, 0.05) is 219 Å². The number of likely N-dealkylation sites (N-methyl/N-ethyl adjacent to an activating group) is 6.